The molecule has 3 aromatic rings. The number of anilines is 2. The number of nitriles is 1. The minimum atomic E-state index is -0.428. The molecular weight excluding hydrogens is 408 g/mol. The summed E-state index contributed by atoms with van der Waals surface area (Å²) in [5, 5.41) is 15.3. The highest BCUT2D eigenvalue weighted by molar-refractivity contribution is 8.00. The molecule has 1 atom stereocenters. The number of hydrogen-bond acceptors (Lipinski definition) is 5. The van der Waals surface area contributed by atoms with Gasteiger partial charge in [0.1, 0.15) is 11.1 Å². The Morgan fingerprint density at radius 3 is 2.16 bits per heavy atom. The molecule has 3 rings (SSSR count). The van der Waals surface area contributed by atoms with E-state index in [-0.39, 0.29) is 17.4 Å². The van der Waals surface area contributed by atoms with Gasteiger partial charge in [0.15, 0.2) is 0 Å². The lowest BCUT2D eigenvalue weighted by atomic mass is 10.1. The predicted molar refractivity (Wildman–Crippen MR) is 123 cm³/mol. The molecule has 0 saturated carbocycles. The summed E-state index contributed by atoms with van der Waals surface area (Å²) in [7, 11) is 0. The van der Waals surface area contributed by atoms with Gasteiger partial charge in [-0.15, -0.1) is 0 Å². The zero-order valence-corrected chi connectivity index (χ0v) is 18.1. The first kappa shape index (κ1) is 22.1. The number of hydrogen-bond donors (Lipinski definition) is 2. The van der Waals surface area contributed by atoms with Crippen molar-refractivity contribution >= 4 is 35.0 Å². The molecule has 6 nitrogen and oxygen atoms in total. The molecule has 0 spiro atoms. The van der Waals surface area contributed by atoms with E-state index in [1.165, 1.54) is 17.8 Å². The Hall–Kier alpha value is -3.63. The van der Waals surface area contributed by atoms with Crippen LogP contribution in [0.5, 0.6) is 0 Å². The molecule has 156 valence electrons. The number of amides is 2. The minimum absolute atomic E-state index is 0.159. The van der Waals surface area contributed by atoms with Gasteiger partial charge in [0.25, 0.3) is 5.91 Å². The molecule has 0 saturated heterocycles. The van der Waals surface area contributed by atoms with Gasteiger partial charge in [0.2, 0.25) is 5.91 Å². The third-order valence-corrected chi connectivity index (χ3v) is 5.90. The number of pyridine rings is 1. The summed E-state index contributed by atoms with van der Waals surface area (Å²) in [5.74, 6) is -0.494. The van der Waals surface area contributed by atoms with Crippen LogP contribution < -0.4 is 10.6 Å². The largest absolute Gasteiger partial charge is 0.325 e. The zero-order valence-electron chi connectivity index (χ0n) is 17.3. The normalized spacial score (nSPS) is 11.3. The van der Waals surface area contributed by atoms with Gasteiger partial charge in [-0.25, -0.2) is 4.98 Å². The molecule has 0 aliphatic rings. The summed E-state index contributed by atoms with van der Waals surface area (Å²) < 4.78 is 0. The molecule has 0 radical (unpaired) electrons. The third-order valence-electron chi connectivity index (χ3n) is 4.53. The maximum Gasteiger partial charge on any atom is 0.257 e. The number of rotatable bonds is 7. The summed E-state index contributed by atoms with van der Waals surface area (Å²) >= 11 is 1.23. The number of aryl methyl sites for hydroxylation is 1. The van der Waals surface area contributed by atoms with E-state index in [1.807, 2.05) is 55.5 Å². The smallest absolute Gasteiger partial charge is 0.257 e. The molecule has 2 amide bonds. The van der Waals surface area contributed by atoms with Crippen molar-refractivity contribution in [1.29, 1.82) is 5.26 Å². The molecule has 0 aliphatic heterocycles. The number of para-hydroxylation sites is 2. The van der Waals surface area contributed by atoms with E-state index in [9.17, 15) is 14.9 Å². The van der Waals surface area contributed by atoms with Crippen LogP contribution in [-0.4, -0.2) is 22.0 Å². The quantitative estimate of drug-likeness (QED) is 0.513. The summed E-state index contributed by atoms with van der Waals surface area (Å²) in [6.45, 7) is 3.62. The van der Waals surface area contributed by atoms with Crippen molar-refractivity contribution in [3.05, 3.63) is 83.6 Å². The number of thioether (sulfide) groups is 1. The predicted octanol–water partition coefficient (Wildman–Crippen LogP) is 5.02. The summed E-state index contributed by atoms with van der Waals surface area (Å²) in [6, 6.07) is 21.9. The second-order valence-electron chi connectivity index (χ2n) is 6.78. The Morgan fingerprint density at radius 2 is 1.61 bits per heavy atom. The van der Waals surface area contributed by atoms with E-state index in [0.29, 0.717) is 34.1 Å². The summed E-state index contributed by atoms with van der Waals surface area (Å²) in [5.41, 5.74) is 2.45. The Morgan fingerprint density at radius 1 is 1.03 bits per heavy atom. The number of aromatic nitrogens is 1. The van der Waals surface area contributed by atoms with Crippen molar-refractivity contribution < 1.29 is 9.59 Å². The Kier molecular flexibility index (Phi) is 7.41. The highest BCUT2D eigenvalue weighted by Crippen LogP contribution is 2.29. The van der Waals surface area contributed by atoms with Crippen LogP contribution >= 0.6 is 11.8 Å². The standard InChI is InChI=1S/C24H22N4O2S/c1-3-21(23(30)28-19-12-8-5-9-13-19)31-24-17(15-25)14-20(16(2)26-24)22(29)27-18-10-6-4-7-11-18/h4-14,21H,3H2,1-2H3,(H,27,29)(H,28,30). The Labute approximate surface area is 185 Å². The van der Waals surface area contributed by atoms with E-state index >= 15 is 0 Å². The molecule has 0 fully saturated rings. The molecule has 7 heteroatoms. The first-order chi connectivity index (χ1) is 15.0. The van der Waals surface area contributed by atoms with Gasteiger partial charge in [0.05, 0.1) is 22.1 Å². The van der Waals surface area contributed by atoms with Gasteiger partial charge in [-0.05, 0) is 43.7 Å². The van der Waals surface area contributed by atoms with Gasteiger partial charge < -0.3 is 10.6 Å². The first-order valence-electron chi connectivity index (χ1n) is 9.82. The van der Waals surface area contributed by atoms with Gasteiger partial charge in [-0.1, -0.05) is 55.1 Å². The van der Waals surface area contributed by atoms with Crippen LogP contribution in [0, 0.1) is 18.3 Å². The van der Waals surface area contributed by atoms with E-state index in [0.717, 1.165) is 0 Å². The maximum absolute atomic E-state index is 12.7. The minimum Gasteiger partial charge on any atom is -0.325 e. The Balaban J connectivity index is 1.79. The van der Waals surface area contributed by atoms with Crippen LogP contribution in [0.25, 0.3) is 0 Å². The highest BCUT2D eigenvalue weighted by atomic mass is 32.2. The van der Waals surface area contributed by atoms with E-state index in [1.54, 1.807) is 19.1 Å². The average molecular weight is 431 g/mol. The van der Waals surface area contributed by atoms with Crippen molar-refractivity contribution in [3.8, 4) is 6.07 Å². The van der Waals surface area contributed by atoms with Crippen molar-refractivity contribution in [1.82, 2.24) is 4.98 Å². The van der Waals surface area contributed by atoms with Crippen molar-refractivity contribution in [3.63, 3.8) is 0 Å². The number of carbonyl (C=O) groups is 2. The van der Waals surface area contributed by atoms with Gasteiger partial charge in [-0.2, -0.15) is 5.26 Å². The monoisotopic (exact) mass is 430 g/mol. The molecular formula is C24H22N4O2S. The maximum atomic E-state index is 12.7. The number of nitrogens with zero attached hydrogens (tertiary/aromatic N) is 2. The van der Waals surface area contributed by atoms with Crippen LogP contribution in [0.15, 0.2) is 71.8 Å². The molecule has 1 heterocycles. The molecule has 31 heavy (non-hydrogen) atoms. The van der Waals surface area contributed by atoms with Gasteiger partial charge in [0, 0.05) is 11.4 Å². The lowest BCUT2D eigenvalue weighted by Gasteiger charge is -2.16. The fourth-order valence-electron chi connectivity index (χ4n) is 2.90. The zero-order chi connectivity index (χ0) is 22.2. The van der Waals surface area contributed by atoms with Crippen molar-refractivity contribution in [2.45, 2.75) is 30.5 Å². The van der Waals surface area contributed by atoms with Gasteiger partial charge >= 0.3 is 0 Å². The van der Waals surface area contributed by atoms with E-state index in [4.69, 9.17) is 0 Å². The van der Waals surface area contributed by atoms with Crippen LogP contribution in [0.3, 0.4) is 0 Å². The van der Waals surface area contributed by atoms with Crippen LogP contribution in [-0.2, 0) is 4.79 Å². The molecule has 0 bridgehead atoms. The lowest BCUT2D eigenvalue weighted by molar-refractivity contribution is -0.115. The van der Waals surface area contributed by atoms with Crippen LogP contribution in [0.1, 0.15) is 35.0 Å². The molecule has 1 unspecified atom stereocenters. The average Bonchev–Trinajstić information content (AvgIpc) is 2.78. The molecule has 2 N–H and O–H groups in total. The molecule has 1 aromatic heterocycles. The van der Waals surface area contributed by atoms with Crippen molar-refractivity contribution in [2.75, 3.05) is 10.6 Å². The summed E-state index contributed by atoms with van der Waals surface area (Å²) in [6.07, 6.45) is 0.561. The summed E-state index contributed by atoms with van der Waals surface area (Å²) in [4.78, 5) is 29.9. The second-order valence-corrected chi connectivity index (χ2v) is 7.97. The van der Waals surface area contributed by atoms with Crippen LogP contribution in [0.2, 0.25) is 0 Å². The van der Waals surface area contributed by atoms with Crippen LogP contribution in [0.4, 0.5) is 11.4 Å². The first-order valence-corrected chi connectivity index (χ1v) is 10.7. The number of nitrogens with one attached hydrogen (secondary N) is 2. The van der Waals surface area contributed by atoms with E-state index in [2.05, 4.69) is 21.7 Å². The Bertz CT molecular complexity index is 1110. The SMILES string of the molecule is CCC(Sc1nc(C)c(C(=O)Nc2ccccc2)cc1C#N)C(=O)Nc1ccccc1. The lowest BCUT2D eigenvalue weighted by Crippen LogP contribution is -2.25. The van der Waals surface area contributed by atoms with E-state index < -0.39 is 5.25 Å². The molecule has 0 aliphatic carbocycles. The second kappa shape index (κ2) is 10.4. The topological polar surface area (TPSA) is 94.9 Å². The van der Waals surface area contributed by atoms with Gasteiger partial charge in [-0.3, -0.25) is 9.59 Å². The fraction of sp³-hybridized carbons (Fsp3) is 0.167. The fourth-order valence-corrected chi connectivity index (χ4v) is 3.93. The molecule has 2 aromatic carbocycles. The number of carbonyl (C=O) groups excluding carboxylic acids is 2. The number of benzene rings is 2. The van der Waals surface area contributed by atoms with Crippen molar-refractivity contribution in [2.24, 2.45) is 0 Å². The third kappa shape index (κ3) is 5.71. The highest BCUT2D eigenvalue weighted by Gasteiger charge is 2.22.